The van der Waals surface area contributed by atoms with Crippen LogP contribution in [0, 0.1) is 5.92 Å². The summed E-state index contributed by atoms with van der Waals surface area (Å²) in [5, 5.41) is 14.9. The Balaban J connectivity index is 1.88. The molecule has 19 heavy (non-hydrogen) atoms. The zero-order valence-corrected chi connectivity index (χ0v) is 12.5. The molecule has 0 bridgehead atoms. The van der Waals surface area contributed by atoms with Crippen molar-refractivity contribution in [1.82, 2.24) is 5.32 Å². The minimum absolute atomic E-state index is 0.0456. The van der Waals surface area contributed by atoms with Gasteiger partial charge in [0.25, 0.3) is 5.91 Å². The third-order valence-corrected chi connectivity index (χ3v) is 4.87. The molecule has 3 nitrogen and oxygen atoms in total. The lowest BCUT2D eigenvalue weighted by Crippen LogP contribution is -2.35. The fourth-order valence-electron chi connectivity index (χ4n) is 2.74. The van der Waals surface area contributed by atoms with E-state index in [2.05, 4.69) is 19.2 Å². The van der Waals surface area contributed by atoms with Gasteiger partial charge in [0.05, 0.1) is 11.0 Å². The fourth-order valence-corrected chi connectivity index (χ4v) is 3.71. The van der Waals surface area contributed by atoms with Crippen molar-refractivity contribution in [3.8, 4) is 0 Å². The zero-order chi connectivity index (χ0) is 13.8. The number of thiophene rings is 1. The Morgan fingerprint density at radius 2 is 2.16 bits per heavy atom. The summed E-state index contributed by atoms with van der Waals surface area (Å²) in [4.78, 5) is 12.9. The van der Waals surface area contributed by atoms with Gasteiger partial charge in [-0.3, -0.25) is 4.79 Å². The number of amides is 1. The van der Waals surface area contributed by atoms with Gasteiger partial charge in [0.1, 0.15) is 0 Å². The quantitative estimate of drug-likeness (QED) is 0.871. The second-order valence-corrected chi connectivity index (χ2v) is 6.60. The molecule has 0 saturated heterocycles. The Hall–Kier alpha value is -0.870. The molecule has 1 aliphatic rings. The molecular weight excluding hydrogens is 258 g/mol. The van der Waals surface area contributed by atoms with Crippen LogP contribution in [0.25, 0.3) is 0 Å². The molecule has 1 aliphatic carbocycles. The number of carbonyl (C=O) groups is 1. The maximum Gasteiger partial charge on any atom is 0.261 e. The average Bonchev–Trinajstić information content (AvgIpc) is 3.04. The van der Waals surface area contributed by atoms with E-state index in [0.717, 1.165) is 23.3 Å². The predicted octanol–water partition coefficient (Wildman–Crippen LogP) is 3.15. The van der Waals surface area contributed by atoms with Crippen LogP contribution in [0.4, 0.5) is 0 Å². The van der Waals surface area contributed by atoms with E-state index >= 15 is 0 Å². The minimum Gasteiger partial charge on any atom is -0.391 e. The highest BCUT2D eigenvalue weighted by Crippen LogP contribution is 2.28. The molecule has 2 rings (SSSR count). The van der Waals surface area contributed by atoms with Crippen LogP contribution in [-0.4, -0.2) is 23.7 Å². The third-order valence-electron chi connectivity index (χ3n) is 3.94. The predicted molar refractivity (Wildman–Crippen MR) is 78.7 cm³/mol. The smallest absolute Gasteiger partial charge is 0.261 e. The second kappa shape index (κ2) is 6.53. The molecule has 1 amide bonds. The van der Waals surface area contributed by atoms with Crippen molar-refractivity contribution in [3.05, 3.63) is 21.9 Å². The summed E-state index contributed by atoms with van der Waals surface area (Å²) in [6.07, 6.45) is 4.20. The van der Waals surface area contributed by atoms with Crippen LogP contribution in [0.5, 0.6) is 0 Å². The lowest BCUT2D eigenvalue weighted by atomic mass is 10.0. The Bertz CT molecular complexity index is 422. The summed E-state index contributed by atoms with van der Waals surface area (Å²) in [6.45, 7) is 4.55. The van der Waals surface area contributed by atoms with Crippen molar-refractivity contribution < 1.29 is 9.90 Å². The number of aliphatic hydroxyl groups is 1. The number of aliphatic hydroxyl groups excluding tert-OH is 1. The van der Waals surface area contributed by atoms with Crippen LogP contribution in [0.3, 0.4) is 0 Å². The lowest BCUT2D eigenvalue weighted by molar-refractivity contribution is 0.0843. The Morgan fingerprint density at radius 1 is 1.47 bits per heavy atom. The largest absolute Gasteiger partial charge is 0.391 e. The highest BCUT2D eigenvalue weighted by molar-refractivity contribution is 7.12. The van der Waals surface area contributed by atoms with Crippen molar-refractivity contribution in [2.24, 2.45) is 5.92 Å². The van der Waals surface area contributed by atoms with Gasteiger partial charge in [-0.05, 0) is 41.7 Å². The van der Waals surface area contributed by atoms with E-state index < -0.39 is 6.10 Å². The molecule has 2 N–H and O–H groups in total. The first-order valence-electron chi connectivity index (χ1n) is 7.13. The van der Waals surface area contributed by atoms with Gasteiger partial charge in [-0.25, -0.2) is 0 Å². The van der Waals surface area contributed by atoms with Gasteiger partial charge in [0, 0.05) is 6.54 Å². The fraction of sp³-hybridized carbons (Fsp3) is 0.667. The first-order valence-corrected chi connectivity index (χ1v) is 8.01. The maximum atomic E-state index is 12.1. The number of hydrogen-bond acceptors (Lipinski definition) is 3. The number of nitrogens with one attached hydrogen (secondary N) is 1. The number of rotatable bonds is 5. The molecule has 106 valence electrons. The molecule has 1 aromatic rings. The van der Waals surface area contributed by atoms with E-state index in [0.29, 0.717) is 18.4 Å². The van der Waals surface area contributed by atoms with Crippen LogP contribution >= 0.6 is 11.3 Å². The minimum atomic E-state index is -0.395. The highest BCUT2D eigenvalue weighted by atomic mass is 32.1. The summed E-state index contributed by atoms with van der Waals surface area (Å²) in [6, 6.07) is 2.01. The monoisotopic (exact) mass is 281 g/mol. The lowest BCUT2D eigenvalue weighted by Gasteiger charge is -2.18. The van der Waals surface area contributed by atoms with E-state index in [1.165, 1.54) is 24.2 Å². The summed E-state index contributed by atoms with van der Waals surface area (Å²) >= 11 is 1.48. The molecule has 1 saturated carbocycles. The summed E-state index contributed by atoms with van der Waals surface area (Å²) < 4.78 is 0. The van der Waals surface area contributed by atoms with Crippen LogP contribution in [-0.2, 0) is 0 Å². The molecular formula is C15H23NO2S. The zero-order valence-electron chi connectivity index (χ0n) is 11.7. The number of carbonyl (C=O) groups excluding carboxylic acids is 1. The van der Waals surface area contributed by atoms with E-state index in [1.54, 1.807) is 0 Å². The molecule has 0 spiro atoms. The van der Waals surface area contributed by atoms with Gasteiger partial charge >= 0.3 is 0 Å². The van der Waals surface area contributed by atoms with Crippen molar-refractivity contribution in [3.63, 3.8) is 0 Å². The van der Waals surface area contributed by atoms with Crippen LogP contribution in [0.15, 0.2) is 11.4 Å². The van der Waals surface area contributed by atoms with Crippen molar-refractivity contribution in [2.75, 3.05) is 6.54 Å². The number of hydrogen-bond donors (Lipinski definition) is 2. The van der Waals surface area contributed by atoms with E-state index in [-0.39, 0.29) is 5.91 Å². The molecule has 0 radical (unpaired) electrons. The van der Waals surface area contributed by atoms with E-state index in [1.807, 2.05) is 11.4 Å². The van der Waals surface area contributed by atoms with Gasteiger partial charge in [0.15, 0.2) is 0 Å². The standard InChI is InChI=1S/C15H23NO2S/c1-10(2)12-7-8-19-14(12)15(18)16-9-13(17)11-5-3-4-6-11/h7-8,10-11,13,17H,3-6,9H2,1-2H3,(H,16,18). The Kier molecular flexibility index (Phi) is 4.99. The molecule has 1 aromatic heterocycles. The van der Waals surface area contributed by atoms with Gasteiger partial charge in [-0.1, -0.05) is 26.7 Å². The first-order chi connectivity index (χ1) is 9.09. The average molecular weight is 281 g/mol. The third kappa shape index (κ3) is 3.57. The topological polar surface area (TPSA) is 49.3 Å². The van der Waals surface area contributed by atoms with Crippen LogP contribution < -0.4 is 5.32 Å². The van der Waals surface area contributed by atoms with Crippen molar-refractivity contribution in [1.29, 1.82) is 0 Å². The first kappa shape index (κ1) is 14.5. The van der Waals surface area contributed by atoms with Gasteiger partial charge in [0.2, 0.25) is 0 Å². The van der Waals surface area contributed by atoms with Gasteiger partial charge < -0.3 is 10.4 Å². The Morgan fingerprint density at radius 3 is 2.79 bits per heavy atom. The summed E-state index contributed by atoms with van der Waals surface area (Å²) in [5.74, 6) is 0.677. The molecule has 1 heterocycles. The van der Waals surface area contributed by atoms with Crippen LogP contribution in [0.2, 0.25) is 0 Å². The van der Waals surface area contributed by atoms with E-state index in [9.17, 15) is 9.90 Å². The van der Waals surface area contributed by atoms with Crippen molar-refractivity contribution >= 4 is 17.2 Å². The SMILES string of the molecule is CC(C)c1ccsc1C(=O)NCC(O)C1CCCC1. The molecule has 1 fully saturated rings. The van der Waals surface area contributed by atoms with Crippen LogP contribution in [0.1, 0.15) is 60.7 Å². The molecule has 0 aromatic carbocycles. The molecule has 1 unspecified atom stereocenters. The summed E-state index contributed by atoms with van der Waals surface area (Å²) in [5.41, 5.74) is 1.10. The molecule has 0 aliphatic heterocycles. The van der Waals surface area contributed by atoms with Gasteiger partial charge in [-0.15, -0.1) is 11.3 Å². The van der Waals surface area contributed by atoms with E-state index in [4.69, 9.17) is 0 Å². The maximum absolute atomic E-state index is 12.1. The molecule has 4 heteroatoms. The highest BCUT2D eigenvalue weighted by Gasteiger charge is 2.24. The second-order valence-electron chi connectivity index (χ2n) is 5.68. The van der Waals surface area contributed by atoms with Gasteiger partial charge in [-0.2, -0.15) is 0 Å². The summed E-state index contributed by atoms with van der Waals surface area (Å²) in [7, 11) is 0. The van der Waals surface area contributed by atoms with Crippen molar-refractivity contribution in [2.45, 2.75) is 51.6 Å². The molecule has 1 atom stereocenters. The Labute approximate surface area is 119 Å². The normalized spacial score (nSPS) is 17.9.